The second-order valence-electron chi connectivity index (χ2n) is 4.98. The zero-order chi connectivity index (χ0) is 12.4. The average Bonchev–Trinajstić information content (AvgIpc) is 3.07. The van der Waals surface area contributed by atoms with Crippen LogP contribution in [0.5, 0.6) is 0 Å². The smallest absolute Gasteiger partial charge is 0.380 e. The summed E-state index contributed by atoms with van der Waals surface area (Å²) in [4.78, 5) is 0. The Morgan fingerprint density at radius 1 is 1.05 bits per heavy atom. The molecular formula is C16H11N2O+. The Bertz CT molecular complexity index is 946. The fourth-order valence-electron chi connectivity index (χ4n) is 3.03. The summed E-state index contributed by atoms with van der Waals surface area (Å²) in [6.45, 7) is 0.898. The number of rotatable bonds is 0. The second kappa shape index (κ2) is 3.06. The molecule has 4 aromatic rings. The first-order valence-corrected chi connectivity index (χ1v) is 6.42. The van der Waals surface area contributed by atoms with E-state index in [9.17, 15) is 0 Å². The quantitative estimate of drug-likeness (QED) is 0.385. The summed E-state index contributed by atoms with van der Waals surface area (Å²) < 4.78 is 10.5. The number of nitrogens with zero attached hydrogens (tertiary/aromatic N) is 2. The predicted octanol–water partition coefficient (Wildman–Crippen LogP) is 3.00. The van der Waals surface area contributed by atoms with Gasteiger partial charge in [-0.3, -0.25) is 4.40 Å². The van der Waals surface area contributed by atoms with Gasteiger partial charge in [-0.2, -0.15) is 4.57 Å². The molecule has 3 heteroatoms. The van der Waals surface area contributed by atoms with Gasteiger partial charge in [0.25, 0.3) is 11.2 Å². The molecule has 0 radical (unpaired) electrons. The molecule has 5 rings (SSSR count). The maximum absolute atomic E-state index is 6.12. The van der Waals surface area contributed by atoms with Gasteiger partial charge in [-0.05, 0) is 18.2 Å². The molecule has 1 aliphatic rings. The third-order valence-electron chi connectivity index (χ3n) is 3.92. The molecule has 0 spiro atoms. The van der Waals surface area contributed by atoms with Crippen molar-refractivity contribution in [1.29, 1.82) is 0 Å². The number of aromatic nitrogens is 2. The maximum Gasteiger partial charge on any atom is 0.383 e. The summed E-state index contributed by atoms with van der Waals surface area (Å²) in [5.41, 5.74) is 5.81. The van der Waals surface area contributed by atoms with Gasteiger partial charge in [-0.25, -0.2) is 0 Å². The third kappa shape index (κ3) is 1.06. The number of hydrogen-bond acceptors (Lipinski definition) is 1. The summed E-state index contributed by atoms with van der Waals surface area (Å²) in [5, 5.41) is 0. The van der Waals surface area contributed by atoms with Gasteiger partial charge in [0.05, 0.1) is 11.1 Å². The molecule has 0 atom stereocenters. The van der Waals surface area contributed by atoms with Crippen molar-refractivity contribution in [3.63, 3.8) is 0 Å². The highest BCUT2D eigenvalue weighted by atomic mass is 16.4. The topological polar surface area (TPSA) is 21.4 Å². The highest BCUT2D eigenvalue weighted by Gasteiger charge is 2.34. The lowest BCUT2D eigenvalue weighted by atomic mass is 10.1. The fraction of sp³-hybridized carbons (Fsp3) is 0.0625. The van der Waals surface area contributed by atoms with Gasteiger partial charge in [-0.15, -0.1) is 0 Å². The summed E-state index contributed by atoms with van der Waals surface area (Å²) in [5.74, 6) is 0.971. The molecule has 0 saturated heterocycles. The van der Waals surface area contributed by atoms with Crippen LogP contribution in [0, 0.1) is 0 Å². The minimum Gasteiger partial charge on any atom is -0.380 e. The van der Waals surface area contributed by atoms with E-state index in [1.54, 1.807) is 0 Å². The molecule has 4 heterocycles. The highest BCUT2D eigenvalue weighted by Crippen LogP contribution is 2.32. The van der Waals surface area contributed by atoms with Crippen LogP contribution < -0.4 is 4.57 Å². The number of oxazole rings is 1. The SMILES string of the molecule is c1ccc2c(c1)C[n+]1c-2oc2c1cc1ccccn12. The van der Waals surface area contributed by atoms with Crippen molar-refractivity contribution >= 4 is 16.7 Å². The van der Waals surface area contributed by atoms with Crippen LogP contribution in [0.1, 0.15) is 5.56 Å². The van der Waals surface area contributed by atoms with E-state index in [0.717, 1.165) is 23.7 Å². The highest BCUT2D eigenvalue weighted by molar-refractivity contribution is 5.79. The van der Waals surface area contributed by atoms with Crippen LogP contribution in [0.2, 0.25) is 0 Å². The maximum atomic E-state index is 6.12. The monoisotopic (exact) mass is 247 g/mol. The Labute approximate surface area is 109 Å². The largest absolute Gasteiger partial charge is 0.383 e. The van der Waals surface area contributed by atoms with E-state index in [0.29, 0.717) is 0 Å². The fourth-order valence-corrected chi connectivity index (χ4v) is 3.03. The van der Waals surface area contributed by atoms with Crippen molar-refractivity contribution in [3.8, 4) is 11.5 Å². The Kier molecular flexibility index (Phi) is 1.51. The van der Waals surface area contributed by atoms with Crippen molar-refractivity contribution in [2.45, 2.75) is 6.54 Å². The zero-order valence-electron chi connectivity index (χ0n) is 10.2. The van der Waals surface area contributed by atoms with Crippen molar-refractivity contribution in [1.82, 2.24) is 4.40 Å². The van der Waals surface area contributed by atoms with Gasteiger partial charge in [0.15, 0.2) is 6.54 Å². The van der Waals surface area contributed by atoms with E-state index in [4.69, 9.17) is 4.42 Å². The van der Waals surface area contributed by atoms with Gasteiger partial charge >= 0.3 is 5.89 Å². The first-order chi connectivity index (χ1) is 9.42. The number of benzene rings is 1. The van der Waals surface area contributed by atoms with Crippen molar-refractivity contribution in [2.75, 3.05) is 0 Å². The molecule has 19 heavy (non-hydrogen) atoms. The van der Waals surface area contributed by atoms with Crippen molar-refractivity contribution in [2.24, 2.45) is 0 Å². The number of fused-ring (bicyclic) bond motifs is 7. The molecule has 1 aromatic carbocycles. The molecule has 0 saturated carbocycles. The Hall–Kier alpha value is -2.55. The van der Waals surface area contributed by atoms with Crippen molar-refractivity contribution in [3.05, 3.63) is 60.3 Å². The second-order valence-corrected chi connectivity index (χ2v) is 4.98. The molecule has 0 aliphatic carbocycles. The van der Waals surface area contributed by atoms with Gasteiger partial charge in [0.1, 0.15) is 0 Å². The number of hydrogen-bond donors (Lipinski definition) is 0. The van der Waals surface area contributed by atoms with Crippen molar-refractivity contribution < 1.29 is 8.98 Å². The Balaban J connectivity index is 1.93. The van der Waals surface area contributed by atoms with E-state index < -0.39 is 0 Å². The van der Waals surface area contributed by atoms with Gasteiger partial charge < -0.3 is 4.42 Å². The molecule has 0 fully saturated rings. The average molecular weight is 247 g/mol. The standard InChI is InChI=1S/C16H11N2O/c1-2-7-13-11(5-1)10-18-14-9-12-6-3-4-8-17(12)16(14)19-15(13)18/h1-9H,10H2/q+1. The normalized spacial score (nSPS) is 13.1. The summed E-state index contributed by atoms with van der Waals surface area (Å²) in [6.07, 6.45) is 2.04. The van der Waals surface area contributed by atoms with Crippen LogP contribution in [-0.2, 0) is 6.54 Å². The lowest BCUT2D eigenvalue weighted by Gasteiger charge is -1.91. The van der Waals surface area contributed by atoms with E-state index >= 15 is 0 Å². The Morgan fingerprint density at radius 2 is 1.95 bits per heavy atom. The first-order valence-electron chi connectivity index (χ1n) is 6.42. The molecule has 0 bridgehead atoms. The van der Waals surface area contributed by atoms with E-state index in [1.807, 2.05) is 18.3 Å². The number of pyridine rings is 1. The zero-order valence-corrected chi connectivity index (χ0v) is 10.2. The van der Waals surface area contributed by atoms with Crippen LogP contribution in [0.25, 0.3) is 28.2 Å². The van der Waals surface area contributed by atoms with Crippen LogP contribution >= 0.6 is 0 Å². The Morgan fingerprint density at radius 3 is 2.95 bits per heavy atom. The third-order valence-corrected chi connectivity index (χ3v) is 3.92. The van der Waals surface area contributed by atoms with Gasteiger partial charge in [0.2, 0.25) is 0 Å². The molecule has 0 amide bonds. The molecule has 3 nitrogen and oxygen atoms in total. The van der Waals surface area contributed by atoms with E-state index in [1.165, 1.54) is 16.6 Å². The minimum atomic E-state index is 0.898. The van der Waals surface area contributed by atoms with Crippen LogP contribution in [0.4, 0.5) is 0 Å². The lowest BCUT2D eigenvalue weighted by molar-refractivity contribution is -0.649. The molecule has 3 aromatic heterocycles. The summed E-state index contributed by atoms with van der Waals surface area (Å²) >= 11 is 0. The molecule has 90 valence electrons. The first kappa shape index (κ1) is 9.39. The van der Waals surface area contributed by atoms with E-state index in [-0.39, 0.29) is 0 Å². The molecule has 1 aliphatic heterocycles. The van der Waals surface area contributed by atoms with Gasteiger partial charge in [-0.1, -0.05) is 24.3 Å². The molecular weight excluding hydrogens is 236 g/mol. The van der Waals surface area contributed by atoms with E-state index in [2.05, 4.69) is 45.4 Å². The molecule has 0 N–H and O–H groups in total. The lowest BCUT2D eigenvalue weighted by Crippen LogP contribution is -2.30. The van der Waals surface area contributed by atoms with Crippen LogP contribution in [0.15, 0.2) is 59.1 Å². The van der Waals surface area contributed by atoms with Crippen LogP contribution in [0.3, 0.4) is 0 Å². The molecule has 0 unspecified atom stereocenters. The minimum absolute atomic E-state index is 0.898. The van der Waals surface area contributed by atoms with Gasteiger partial charge in [0, 0.05) is 17.8 Å². The summed E-state index contributed by atoms with van der Waals surface area (Å²) in [6, 6.07) is 16.8. The summed E-state index contributed by atoms with van der Waals surface area (Å²) in [7, 11) is 0. The predicted molar refractivity (Wildman–Crippen MR) is 71.9 cm³/mol. The van der Waals surface area contributed by atoms with Crippen LogP contribution in [-0.4, -0.2) is 4.40 Å².